The number of carbonyl (C=O) groups is 3. The number of nitrogens with one attached hydrogen (secondary N) is 2. The fraction of sp³-hybridized carbons (Fsp3) is 0.655. The van der Waals surface area contributed by atoms with Crippen molar-refractivity contribution < 1.29 is 19.5 Å². The van der Waals surface area contributed by atoms with Crippen molar-refractivity contribution in [3.63, 3.8) is 0 Å². The van der Waals surface area contributed by atoms with Crippen LogP contribution in [0.15, 0.2) is 24.5 Å². The largest absolute Gasteiger partial charge is 0.465 e. The van der Waals surface area contributed by atoms with E-state index in [2.05, 4.69) is 15.6 Å². The van der Waals surface area contributed by atoms with Gasteiger partial charge in [0.1, 0.15) is 6.04 Å². The minimum absolute atomic E-state index is 0.0111. The summed E-state index contributed by atoms with van der Waals surface area (Å²) in [6.45, 7) is 0.761. The molecule has 3 heterocycles. The van der Waals surface area contributed by atoms with Crippen molar-refractivity contribution in [3.05, 3.63) is 29.4 Å². The standard InChI is InChI=1S/C29H41N5O4S/c35-27(31-18-23-16-21-17-30-12-11-26(21)39-23)25-19-33(29(37)38)13-14-34(25)28(36)24(15-20-7-3-1-4-8-20)32-22-9-5-2-6-10-22/h11-12,16-17,20,22,24-25,32H,1-10,13-15,18-19H2,(H,31,35)(H,37,38)/t24?,25-/m0/s1. The summed E-state index contributed by atoms with van der Waals surface area (Å²) in [4.78, 5) is 47.5. The second kappa shape index (κ2) is 13.1. The lowest BCUT2D eigenvalue weighted by Gasteiger charge is -2.42. The summed E-state index contributed by atoms with van der Waals surface area (Å²) in [7, 11) is 0. The van der Waals surface area contributed by atoms with Gasteiger partial charge < -0.3 is 25.5 Å². The molecule has 5 rings (SSSR count). The Morgan fingerprint density at radius 3 is 2.51 bits per heavy atom. The summed E-state index contributed by atoms with van der Waals surface area (Å²) in [5, 5.41) is 17.4. The Balaban J connectivity index is 1.31. The topological polar surface area (TPSA) is 115 Å². The minimum atomic E-state index is -1.06. The van der Waals surface area contributed by atoms with Crippen LogP contribution in [0.2, 0.25) is 0 Å². The van der Waals surface area contributed by atoms with E-state index in [0.29, 0.717) is 18.5 Å². The lowest BCUT2D eigenvalue weighted by Crippen LogP contribution is -2.64. The molecule has 2 aromatic heterocycles. The third-order valence-electron chi connectivity index (χ3n) is 8.68. The van der Waals surface area contributed by atoms with E-state index in [1.165, 1.54) is 43.4 Å². The summed E-state index contributed by atoms with van der Waals surface area (Å²) in [6.07, 6.45) is 15.0. The Bertz CT molecular complexity index is 1090. The van der Waals surface area contributed by atoms with Gasteiger partial charge in [-0.3, -0.25) is 14.6 Å². The van der Waals surface area contributed by atoms with Crippen LogP contribution >= 0.6 is 11.3 Å². The Kier molecular flexibility index (Phi) is 9.34. The maximum atomic E-state index is 14.1. The van der Waals surface area contributed by atoms with Crippen LogP contribution in [0, 0.1) is 5.92 Å². The zero-order valence-corrected chi connectivity index (χ0v) is 23.5. The second-order valence-electron chi connectivity index (χ2n) is 11.4. The summed E-state index contributed by atoms with van der Waals surface area (Å²) in [5.74, 6) is 0.155. The quantitative estimate of drug-likeness (QED) is 0.446. The number of fused-ring (bicyclic) bond motifs is 1. The molecule has 0 bridgehead atoms. The molecule has 9 nitrogen and oxygen atoms in total. The molecule has 2 aliphatic carbocycles. The lowest BCUT2D eigenvalue weighted by atomic mass is 9.83. The predicted octanol–water partition coefficient (Wildman–Crippen LogP) is 4.36. The summed E-state index contributed by atoms with van der Waals surface area (Å²) in [6, 6.07) is 3.10. The summed E-state index contributed by atoms with van der Waals surface area (Å²) in [5.41, 5.74) is 0. The van der Waals surface area contributed by atoms with E-state index in [-0.39, 0.29) is 37.5 Å². The van der Waals surface area contributed by atoms with Crippen molar-refractivity contribution in [1.82, 2.24) is 25.4 Å². The molecule has 1 unspecified atom stereocenters. The zero-order valence-electron chi connectivity index (χ0n) is 22.6. The van der Waals surface area contributed by atoms with E-state index in [9.17, 15) is 19.5 Å². The van der Waals surface area contributed by atoms with Crippen LogP contribution in [0.1, 0.15) is 75.5 Å². The first-order valence-corrected chi connectivity index (χ1v) is 15.4. The maximum Gasteiger partial charge on any atom is 0.407 e. The molecule has 3 fully saturated rings. The molecule has 0 radical (unpaired) electrons. The third kappa shape index (κ3) is 7.08. The number of hydrogen-bond donors (Lipinski definition) is 3. The fourth-order valence-electron chi connectivity index (χ4n) is 6.51. The van der Waals surface area contributed by atoms with Gasteiger partial charge in [0.2, 0.25) is 11.8 Å². The van der Waals surface area contributed by atoms with Gasteiger partial charge in [0.15, 0.2) is 0 Å². The van der Waals surface area contributed by atoms with Crippen molar-refractivity contribution in [2.45, 2.75) is 95.3 Å². The highest BCUT2D eigenvalue weighted by atomic mass is 32.1. The van der Waals surface area contributed by atoms with Crippen molar-refractivity contribution in [2.24, 2.45) is 5.92 Å². The van der Waals surface area contributed by atoms with Crippen LogP contribution in [0.4, 0.5) is 4.79 Å². The summed E-state index contributed by atoms with van der Waals surface area (Å²) >= 11 is 1.59. The van der Waals surface area contributed by atoms with Gasteiger partial charge in [-0.25, -0.2) is 4.79 Å². The van der Waals surface area contributed by atoms with E-state index < -0.39 is 12.1 Å². The van der Waals surface area contributed by atoms with Gasteiger partial charge in [-0.1, -0.05) is 51.4 Å². The highest BCUT2D eigenvalue weighted by Crippen LogP contribution is 2.29. The van der Waals surface area contributed by atoms with E-state index in [4.69, 9.17) is 0 Å². The minimum Gasteiger partial charge on any atom is -0.465 e. The van der Waals surface area contributed by atoms with Crippen LogP contribution in [-0.4, -0.2) is 75.6 Å². The van der Waals surface area contributed by atoms with Gasteiger partial charge in [0.05, 0.1) is 19.1 Å². The average molecular weight is 556 g/mol. The van der Waals surface area contributed by atoms with E-state index in [0.717, 1.165) is 47.1 Å². The molecule has 10 heteroatoms. The molecule has 3 aliphatic rings. The zero-order chi connectivity index (χ0) is 27.2. The Morgan fingerprint density at radius 2 is 1.79 bits per heavy atom. The van der Waals surface area contributed by atoms with Gasteiger partial charge in [-0.15, -0.1) is 11.3 Å². The second-order valence-corrected chi connectivity index (χ2v) is 12.6. The number of hydrogen-bond acceptors (Lipinski definition) is 6. The van der Waals surface area contributed by atoms with E-state index in [1.807, 2.05) is 12.1 Å². The molecule has 39 heavy (non-hydrogen) atoms. The van der Waals surface area contributed by atoms with E-state index >= 15 is 0 Å². The first-order valence-electron chi connectivity index (χ1n) is 14.6. The van der Waals surface area contributed by atoms with Gasteiger partial charge in [-0.2, -0.15) is 0 Å². The SMILES string of the molecule is O=C(NCc1cc2cnccc2s1)[C@@H]1CN(C(=O)O)CCN1C(=O)C(CC1CCCCC1)NC1CCCCC1. The van der Waals surface area contributed by atoms with Gasteiger partial charge >= 0.3 is 6.09 Å². The van der Waals surface area contributed by atoms with Gasteiger partial charge in [0, 0.05) is 46.5 Å². The first kappa shape index (κ1) is 27.8. The van der Waals surface area contributed by atoms with Crippen LogP contribution in [-0.2, 0) is 16.1 Å². The molecule has 3 amide bonds. The smallest absolute Gasteiger partial charge is 0.407 e. The van der Waals surface area contributed by atoms with Crippen LogP contribution in [0.5, 0.6) is 0 Å². The van der Waals surface area contributed by atoms with Crippen molar-refractivity contribution in [3.8, 4) is 0 Å². The number of piperazine rings is 1. The summed E-state index contributed by atoms with van der Waals surface area (Å²) < 4.78 is 1.10. The molecule has 0 spiro atoms. The Morgan fingerprint density at radius 1 is 1.05 bits per heavy atom. The number of carbonyl (C=O) groups excluding carboxylic acids is 2. The third-order valence-corrected chi connectivity index (χ3v) is 9.79. The molecule has 212 valence electrons. The normalized spacial score (nSPS) is 22.1. The number of aromatic nitrogens is 1. The highest BCUT2D eigenvalue weighted by Gasteiger charge is 2.40. The van der Waals surface area contributed by atoms with Crippen molar-refractivity contribution >= 4 is 39.3 Å². The molecule has 2 aromatic rings. The molecule has 2 atom stereocenters. The molecule has 3 N–H and O–H groups in total. The number of nitrogens with zero attached hydrogens (tertiary/aromatic N) is 3. The molecular weight excluding hydrogens is 514 g/mol. The Hall–Kier alpha value is -2.72. The Labute approximate surface area is 234 Å². The number of pyridine rings is 1. The van der Waals surface area contributed by atoms with E-state index in [1.54, 1.807) is 28.6 Å². The predicted molar refractivity (Wildman–Crippen MR) is 152 cm³/mol. The molecule has 0 aromatic carbocycles. The van der Waals surface area contributed by atoms with Crippen molar-refractivity contribution in [2.75, 3.05) is 19.6 Å². The fourth-order valence-corrected chi connectivity index (χ4v) is 7.48. The van der Waals surface area contributed by atoms with Crippen LogP contribution in [0.25, 0.3) is 10.1 Å². The monoisotopic (exact) mass is 555 g/mol. The highest BCUT2D eigenvalue weighted by molar-refractivity contribution is 7.19. The molecule has 1 saturated heterocycles. The number of carboxylic acid groups (broad SMARTS) is 1. The molecule has 1 aliphatic heterocycles. The first-order chi connectivity index (χ1) is 19.0. The van der Waals surface area contributed by atoms with Crippen LogP contribution in [0.3, 0.4) is 0 Å². The maximum absolute atomic E-state index is 14.1. The van der Waals surface area contributed by atoms with Gasteiger partial charge in [0.25, 0.3) is 0 Å². The average Bonchev–Trinajstić information content (AvgIpc) is 3.39. The van der Waals surface area contributed by atoms with Gasteiger partial charge in [-0.05, 0) is 37.3 Å². The number of rotatable bonds is 8. The lowest BCUT2D eigenvalue weighted by molar-refractivity contribution is -0.145. The molecule has 2 saturated carbocycles. The van der Waals surface area contributed by atoms with Crippen LogP contribution < -0.4 is 10.6 Å². The number of amides is 3. The molecular formula is C29H41N5O4S. The van der Waals surface area contributed by atoms with Crippen molar-refractivity contribution in [1.29, 1.82) is 0 Å². The number of thiophene rings is 1.